The molecule has 1 aromatic carbocycles. The molecule has 0 aliphatic carbocycles. The van der Waals surface area contributed by atoms with Crippen LogP contribution in [0.4, 0.5) is 0 Å². The van der Waals surface area contributed by atoms with Crippen LogP contribution in [0.2, 0.25) is 5.02 Å². The van der Waals surface area contributed by atoms with Crippen LogP contribution in [0.3, 0.4) is 0 Å². The predicted molar refractivity (Wildman–Crippen MR) is 124 cm³/mol. The highest BCUT2D eigenvalue weighted by molar-refractivity contribution is 7.98. The zero-order chi connectivity index (χ0) is 21.8. The molecule has 1 unspecified atom stereocenters. The van der Waals surface area contributed by atoms with E-state index in [2.05, 4.69) is 9.97 Å². The summed E-state index contributed by atoms with van der Waals surface area (Å²) in [4.78, 5) is 24.7. The molecule has 1 saturated heterocycles. The van der Waals surface area contributed by atoms with Gasteiger partial charge in [-0.1, -0.05) is 59.8 Å². The van der Waals surface area contributed by atoms with Crippen LogP contribution < -0.4 is 0 Å². The van der Waals surface area contributed by atoms with Gasteiger partial charge in [-0.15, -0.1) is 11.3 Å². The van der Waals surface area contributed by atoms with Crippen LogP contribution in [0.1, 0.15) is 27.3 Å². The molecule has 0 saturated carbocycles. The molecular formula is C21H20ClN3O3S3. The van der Waals surface area contributed by atoms with Crippen LogP contribution in [-0.2, 0) is 22.1 Å². The van der Waals surface area contributed by atoms with Crippen molar-refractivity contribution in [3.63, 3.8) is 0 Å². The number of halogens is 1. The van der Waals surface area contributed by atoms with Gasteiger partial charge < -0.3 is 4.90 Å². The predicted octanol–water partition coefficient (Wildman–Crippen LogP) is 4.31. The van der Waals surface area contributed by atoms with Crippen molar-refractivity contribution in [2.45, 2.75) is 29.9 Å². The maximum atomic E-state index is 13.5. The maximum absolute atomic E-state index is 13.5. The number of rotatable bonds is 7. The number of benzene rings is 1. The van der Waals surface area contributed by atoms with E-state index in [1.165, 1.54) is 29.3 Å². The number of hydrogen-bond donors (Lipinski definition) is 0. The Bertz CT molecular complexity index is 1160. The fraction of sp³-hybridized carbons (Fsp3) is 0.286. The Labute approximate surface area is 194 Å². The van der Waals surface area contributed by atoms with Gasteiger partial charge >= 0.3 is 0 Å². The van der Waals surface area contributed by atoms with E-state index in [0.717, 1.165) is 10.4 Å². The number of hydrogen-bond acceptors (Lipinski definition) is 7. The Morgan fingerprint density at radius 1 is 1.23 bits per heavy atom. The largest absolute Gasteiger partial charge is 0.328 e. The van der Waals surface area contributed by atoms with Gasteiger partial charge in [0.05, 0.1) is 29.3 Å². The van der Waals surface area contributed by atoms with Gasteiger partial charge in [0, 0.05) is 16.7 Å². The third kappa shape index (κ3) is 5.65. The van der Waals surface area contributed by atoms with Gasteiger partial charge in [-0.2, -0.15) is 0 Å². The summed E-state index contributed by atoms with van der Waals surface area (Å²) in [7, 11) is -3.15. The standard InChI is InChI=1S/C21H20ClN3O3S3/c22-18-11-23-21(30-13-15-5-2-1-3-6-15)24-19(18)20(26)25(12-17-7-4-9-29-17)16-8-10-31(27,28)14-16/h1-7,9,11,16H,8,10,12-14H2. The second-order valence-electron chi connectivity index (χ2n) is 7.19. The van der Waals surface area contributed by atoms with E-state index in [9.17, 15) is 13.2 Å². The summed E-state index contributed by atoms with van der Waals surface area (Å²) < 4.78 is 24.1. The average Bonchev–Trinajstić information content (AvgIpc) is 3.40. The lowest BCUT2D eigenvalue weighted by Gasteiger charge is -2.28. The number of carbonyl (C=O) groups excluding carboxylic acids is 1. The topological polar surface area (TPSA) is 80.2 Å². The maximum Gasteiger partial charge on any atom is 0.274 e. The van der Waals surface area contributed by atoms with Crippen molar-refractivity contribution in [1.29, 1.82) is 0 Å². The zero-order valence-electron chi connectivity index (χ0n) is 16.5. The van der Waals surface area contributed by atoms with Gasteiger partial charge in [-0.3, -0.25) is 4.79 Å². The van der Waals surface area contributed by atoms with E-state index in [-0.39, 0.29) is 28.1 Å². The first kappa shape index (κ1) is 22.3. The molecule has 1 aliphatic heterocycles. The Morgan fingerprint density at radius 3 is 2.71 bits per heavy atom. The van der Waals surface area contributed by atoms with E-state index >= 15 is 0 Å². The second kappa shape index (κ2) is 9.68. The molecule has 1 fully saturated rings. The molecular weight excluding hydrogens is 474 g/mol. The van der Waals surface area contributed by atoms with Gasteiger partial charge in [-0.25, -0.2) is 18.4 Å². The van der Waals surface area contributed by atoms with E-state index in [1.807, 2.05) is 47.8 Å². The van der Waals surface area contributed by atoms with E-state index in [4.69, 9.17) is 11.6 Å². The first-order chi connectivity index (χ1) is 14.9. The monoisotopic (exact) mass is 493 g/mol. The van der Waals surface area contributed by atoms with Crippen LogP contribution in [0.15, 0.2) is 59.2 Å². The fourth-order valence-electron chi connectivity index (χ4n) is 3.39. The van der Waals surface area contributed by atoms with Crippen molar-refractivity contribution in [1.82, 2.24) is 14.9 Å². The molecule has 0 N–H and O–H groups in total. The molecule has 4 rings (SSSR count). The quantitative estimate of drug-likeness (QED) is 0.360. The van der Waals surface area contributed by atoms with E-state index in [0.29, 0.717) is 23.9 Å². The van der Waals surface area contributed by atoms with E-state index in [1.54, 1.807) is 4.90 Å². The summed E-state index contributed by atoms with van der Waals surface area (Å²) in [5.41, 5.74) is 1.22. The first-order valence-corrected chi connectivity index (χ1v) is 13.7. The molecule has 3 aromatic rings. The summed E-state index contributed by atoms with van der Waals surface area (Å²) in [5, 5.41) is 2.54. The SMILES string of the molecule is O=C(c1nc(SCc2ccccc2)ncc1Cl)N(Cc1cccs1)C1CCS(=O)(=O)C1. The van der Waals surface area contributed by atoms with Crippen molar-refractivity contribution >= 4 is 50.4 Å². The van der Waals surface area contributed by atoms with Gasteiger partial charge in [0.1, 0.15) is 0 Å². The minimum atomic E-state index is -3.15. The zero-order valence-corrected chi connectivity index (χ0v) is 19.7. The van der Waals surface area contributed by atoms with Gasteiger partial charge in [-0.05, 0) is 23.4 Å². The molecule has 10 heteroatoms. The van der Waals surface area contributed by atoms with Crippen LogP contribution >= 0.6 is 34.7 Å². The lowest BCUT2D eigenvalue weighted by molar-refractivity contribution is 0.0676. The Balaban J connectivity index is 1.58. The Kier molecular flexibility index (Phi) is 6.95. The smallest absolute Gasteiger partial charge is 0.274 e. The number of sulfone groups is 1. The number of aromatic nitrogens is 2. The van der Waals surface area contributed by atoms with Gasteiger partial charge in [0.15, 0.2) is 20.7 Å². The molecule has 1 amide bonds. The van der Waals surface area contributed by atoms with Gasteiger partial charge in [0.2, 0.25) is 0 Å². The van der Waals surface area contributed by atoms with Crippen LogP contribution in [0, 0.1) is 0 Å². The summed E-state index contributed by atoms with van der Waals surface area (Å²) in [6.45, 7) is 0.323. The lowest BCUT2D eigenvalue weighted by Crippen LogP contribution is -2.41. The highest BCUT2D eigenvalue weighted by Gasteiger charge is 2.36. The molecule has 2 aromatic heterocycles. The van der Waals surface area contributed by atoms with Crippen molar-refractivity contribution in [3.05, 3.63) is 75.2 Å². The van der Waals surface area contributed by atoms with Gasteiger partial charge in [0.25, 0.3) is 5.91 Å². The first-order valence-electron chi connectivity index (χ1n) is 9.64. The third-order valence-corrected chi connectivity index (χ3v) is 8.77. The van der Waals surface area contributed by atoms with Crippen molar-refractivity contribution in [2.24, 2.45) is 0 Å². The summed E-state index contributed by atoms with van der Waals surface area (Å²) in [6.07, 6.45) is 1.85. The molecule has 1 aliphatic rings. The highest BCUT2D eigenvalue weighted by Crippen LogP contribution is 2.27. The van der Waals surface area contributed by atoms with Crippen molar-refractivity contribution in [3.8, 4) is 0 Å². The molecule has 0 spiro atoms. The van der Waals surface area contributed by atoms with E-state index < -0.39 is 15.9 Å². The summed E-state index contributed by atoms with van der Waals surface area (Å²) in [6, 6.07) is 13.3. The molecule has 162 valence electrons. The second-order valence-corrected chi connectivity index (χ2v) is 11.8. The van der Waals surface area contributed by atoms with Crippen LogP contribution in [0.5, 0.6) is 0 Å². The van der Waals surface area contributed by atoms with Crippen LogP contribution in [-0.4, -0.2) is 46.7 Å². The minimum absolute atomic E-state index is 0.0393. The summed E-state index contributed by atoms with van der Waals surface area (Å²) >= 11 is 9.24. The molecule has 0 bridgehead atoms. The number of carbonyl (C=O) groups is 1. The highest BCUT2D eigenvalue weighted by atomic mass is 35.5. The number of amides is 1. The van der Waals surface area contributed by atoms with Crippen molar-refractivity contribution < 1.29 is 13.2 Å². The summed E-state index contributed by atoms with van der Waals surface area (Å²) in [5.74, 6) is 0.337. The van der Waals surface area contributed by atoms with Crippen molar-refractivity contribution in [2.75, 3.05) is 11.5 Å². The normalized spacial score (nSPS) is 17.5. The minimum Gasteiger partial charge on any atom is -0.328 e. The van der Waals surface area contributed by atoms with Crippen LogP contribution in [0.25, 0.3) is 0 Å². The fourth-order valence-corrected chi connectivity index (χ4v) is 6.76. The number of thioether (sulfide) groups is 1. The average molecular weight is 494 g/mol. The molecule has 6 nitrogen and oxygen atoms in total. The lowest BCUT2D eigenvalue weighted by atomic mass is 10.2. The molecule has 31 heavy (non-hydrogen) atoms. The number of nitrogens with zero attached hydrogens (tertiary/aromatic N) is 3. The molecule has 3 heterocycles. The third-order valence-electron chi connectivity index (χ3n) is 4.95. The number of thiophene rings is 1. The molecule has 0 radical (unpaired) electrons. The Morgan fingerprint density at radius 2 is 2.03 bits per heavy atom. The Hall–Kier alpha value is -1.94. The molecule has 1 atom stereocenters.